The molecule has 0 aliphatic rings. The molecule has 120 valence electrons. The van der Waals surface area contributed by atoms with Crippen molar-refractivity contribution in [2.75, 3.05) is 7.11 Å². The molecule has 0 saturated carbocycles. The van der Waals surface area contributed by atoms with Gasteiger partial charge >= 0.3 is 0 Å². The molecule has 0 amide bonds. The molecular formula is C17H12ClN3O3. The number of pyridine rings is 1. The van der Waals surface area contributed by atoms with E-state index in [1.54, 1.807) is 42.3 Å². The van der Waals surface area contributed by atoms with Gasteiger partial charge in [-0.3, -0.25) is 19.4 Å². The lowest BCUT2D eigenvalue weighted by Gasteiger charge is -2.07. The zero-order valence-electron chi connectivity index (χ0n) is 12.6. The van der Waals surface area contributed by atoms with E-state index >= 15 is 0 Å². The van der Waals surface area contributed by atoms with Crippen LogP contribution in [-0.2, 0) is 0 Å². The summed E-state index contributed by atoms with van der Waals surface area (Å²) in [6.07, 6.45) is 1.67. The summed E-state index contributed by atoms with van der Waals surface area (Å²) in [7, 11) is 1.57. The summed E-state index contributed by atoms with van der Waals surface area (Å²) in [6, 6.07) is 9.80. The number of aromatic amines is 2. The molecule has 0 fully saturated rings. The fraction of sp³-hybridized carbons (Fsp3) is 0.0588. The Kier molecular flexibility index (Phi) is 3.21. The van der Waals surface area contributed by atoms with E-state index < -0.39 is 0 Å². The number of nitrogens with zero attached hydrogens (tertiary/aromatic N) is 1. The molecule has 0 spiro atoms. The van der Waals surface area contributed by atoms with Crippen LogP contribution in [0.5, 0.6) is 5.75 Å². The van der Waals surface area contributed by atoms with Crippen molar-refractivity contribution in [1.82, 2.24) is 14.8 Å². The maximum absolute atomic E-state index is 12.3. The second kappa shape index (κ2) is 5.28. The first kappa shape index (κ1) is 14.6. The molecule has 2 aromatic heterocycles. The first-order chi connectivity index (χ1) is 11.6. The van der Waals surface area contributed by atoms with Crippen LogP contribution in [-0.4, -0.2) is 21.9 Å². The summed E-state index contributed by atoms with van der Waals surface area (Å²) in [5, 5.41) is 4.90. The first-order valence-electron chi connectivity index (χ1n) is 7.18. The minimum Gasteiger partial charge on any atom is -0.497 e. The number of hydrogen-bond donors (Lipinski definition) is 2. The lowest BCUT2D eigenvalue weighted by Crippen LogP contribution is -2.07. The Morgan fingerprint density at radius 3 is 2.71 bits per heavy atom. The maximum Gasteiger partial charge on any atom is 0.259 e. The summed E-state index contributed by atoms with van der Waals surface area (Å²) in [5.74, 6) is 0.648. The van der Waals surface area contributed by atoms with Crippen molar-refractivity contribution in [2.24, 2.45) is 0 Å². The minimum absolute atomic E-state index is 0.159. The smallest absolute Gasteiger partial charge is 0.259 e. The van der Waals surface area contributed by atoms with Crippen LogP contribution in [0.15, 0.2) is 52.2 Å². The van der Waals surface area contributed by atoms with Crippen LogP contribution in [0.1, 0.15) is 0 Å². The van der Waals surface area contributed by atoms with Gasteiger partial charge in [-0.05, 0) is 24.3 Å². The van der Waals surface area contributed by atoms with Gasteiger partial charge in [-0.15, -0.1) is 0 Å². The van der Waals surface area contributed by atoms with E-state index in [-0.39, 0.29) is 11.0 Å². The third-order valence-corrected chi connectivity index (χ3v) is 4.25. The van der Waals surface area contributed by atoms with Gasteiger partial charge in [0.1, 0.15) is 5.75 Å². The third-order valence-electron chi connectivity index (χ3n) is 3.93. The molecule has 0 aliphatic carbocycles. The van der Waals surface area contributed by atoms with Crippen molar-refractivity contribution in [3.63, 3.8) is 0 Å². The molecular weight excluding hydrogens is 330 g/mol. The van der Waals surface area contributed by atoms with Crippen molar-refractivity contribution < 1.29 is 4.74 Å². The maximum atomic E-state index is 12.3. The van der Waals surface area contributed by atoms with E-state index in [2.05, 4.69) is 10.1 Å². The molecule has 2 heterocycles. The fourth-order valence-electron chi connectivity index (χ4n) is 2.75. The summed E-state index contributed by atoms with van der Waals surface area (Å²) in [6.45, 7) is 0. The normalized spacial score (nSPS) is 11.2. The zero-order chi connectivity index (χ0) is 16.8. The highest BCUT2D eigenvalue weighted by molar-refractivity contribution is 6.32. The largest absolute Gasteiger partial charge is 0.497 e. The highest BCUT2D eigenvalue weighted by Crippen LogP contribution is 2.27. The second-order valence-corrected chi connectivity index (χ2v) is 5.79. The van der Waals surface area contributed by atoms with Crippen molar-refractivity contribution >= 4 is 33.4 Å². The zero-order valence-corrected chi connectivity index (χ0v) is 13.3. The Balaban J connectivity index is 2.06. The predicted octanol–water partition coefficient (Wildman–Crippen LogP) is 2.82. The number of ether oxygens (including phenoxy) is 1. The van der Waals surface area contributed by atoms with Crippen LogP contribution in [0.2, 0.25) is 5.02 Å². The Morgan fingerprint density at radius 2 is 1.92 bits per heavy atom. The van der Waals surface area contributed by atoms with Crippen molar-refractivity contribution in [3.8, 4) is 11.4 Å². The highest BCUT2D eigenvalue weighted by Gasteiger charge is 2.12. The van der Waals surface area contributed by atoms with Crippen molar-refractivity contribution in [3.05, 3.63) is 68.2 Å². The summed E-state index contributed by atoms with van der Waals surface area (Å²) >= 11 is 6.27. The Hall–Kier alpha value is -2.99. The van der Waals surface area contributed by atoms with Crippen LogP contribution in [0.4, 0.5) is 0 Å². The van der Waals surface area contributed by atoms with Crippen molar-refractivity contribution in [2.45, 2.75) is 0 Å². The van der Waals surface area contributed by atoms with Crippen LogP contribution >= 0.6 is 11.6 Å². The highest BCUT2D eigenvalue weighted by atomic mass is 35.5. The van der Waals surface area contributed by atoms with Gasteiger partial charge < -0.3 is 9.72 Å². The van der Waals surface area contributed by atoms with Crippen molar-refractivity contribution in [1.29, 1.82) is 0 Å². The Bertz CT molecular complexity index is 1200. The van der Waals surface area contributed by atoms with Gasteiger partial charge in [0, 0.05) is 23.7 Å². The Labute approximate surface area is 140 Å². The predicted molar refractivity (Wildman–Crippen MR) is 93.6 cm³/mol. The number of rotatable bonds is 2. The number of nitrogens with one attached hydrogen (secondary N) is 2. The van der Waals surface area contributed by atoms with Crippen LogP contribution in [0, 0.1) is 0 Å². The van der Waals surface area contributed by atoms with Gasteiger partial charge in [-0.25, -0.2) is 0 Å². The molecule has 0 bridgehead atoms. The summed E-state index contributed by atoms with van der Waals surface area (Å²) in [5.41, 5.74) is 1.34. The van der Waals surface area contributed by atoms with Gasteiger partial charge in [0.2, 0.25) is 0 Å². The van der Waals surface area contributed by atoms with Crippen LogP contribution < -0.4 is 15.7 Å². The number of halogens is 1. The number of hydrogen-bond acceptors (Lipinski definition) is 3. The van der Waals surface area contributed by atoms with Gasteiger partial charge in [0.15, 0.2) is 5.43 Å². The standard InChI is InChI=1S/C17H12ClN3O3/c1-24-10-3-5-13(18)15(7-10)21-8-12-16(20-21)11-4-2-9(22)6-14(11)19-17(12)23/h2-8,20H,1H3,(H,19,23). The SMILES string of the molecule is COc1ccc(Cl)c(-n2cc3c(=O)[nH]c4cc(=O)ccc4c3[nH]2)c1. The number of H-pyrrole nitrogens is 2. The molecule has 7 heteroatoms. The summed E-state index contributed by atoms with van der Waals surface area (Å²) < 4.78 is 6.89. The molecule has 0 unspecified atom stereocenters. The van der Waals surface area contributed by atoms with Gasteiger partial charge in [0.25, 0.3) is 5.56 Å². The molecule has 0 saturated heterocycles. The fourth-order valence-corrected chi connectivity index (χ4v) is 2.96. The topological polar surface area (TPSA) is 79.9 Å². The second-order valence-electron chi connectivity index (χ2n) is 5.38. The molecule has 24 heavy (non-hydrogen) atoms. The number of aromatic nitrogens is 3. The van der Waals surface area contributed by atoms with Gasteiger partial charge in [-0.1, -0.05) is 11.6 Å². The number of benzene rings is 2. The number of fused-ring (bicyclic) bond motifs is 3. The monoisotopic (exact) mass is 341 g/mol. The molecule has 0 atom stereocenters. The minimum atomic E-state index is -0.280. The molecule has 0 radical (unpaired) electrons. The average Bonchev–Trinajstić information content (AvgIpc) is 3.01. The third kappa shape index (κ3) is 2.19. The molecule has 6 nitrogen and oxygen atoms in total. The van der Waals surface area contributed by atoms with E-state index in [0.717, 1.165) is 5.39 Å². The lowest BCUT2D eigenvalue weighted by molar-refractivity contribution is 0.414. The average molecular weight is 342 g/mol. The molecule has 0 aliphatic heterocycles. The molecule has 2 N–H and O–H groups in total. The lowest BCUT2D eigenvalue weighted by atomic mass is 10.2. The van der Waals surface area contributed by atoms with E-state index in [1.165, 1.54) is 12.1 Å². The van der Waals surface area contributed by atoms with Gasteiger partial charge in [0.05, 0.1) is 34.2 Å². The number of methoxy groups -OCH3 is 1. The molecule has 4 rings (SSSR count). The van der Waals surface area contributed by atoms with Gasteiger partial charge in [-0.2, -0.15) is 0 Å². The molecule has 4 aromatic rings. The van der Waals surface area contributed by atoms with E-state index in [4.69, 9.17) is 16.3 Å². The Morgan fingerprint density at radius 1 is 1.08 bits per heavy atom. The first-order valence-corrected chi connectivity index (χ1v) is 7.56. The summed E-state index contributed by atoms with van der Waals surface area (Å²) in [4.78, 5) is 26.5. The van der Waals surface area contributed by atoms with Crippen LogP contribution in [0.25, 0.3) is 27.5 Å². The van der Waals surface area contributed by atoms with E-state index in [9.17, 15) is 9.59 Å². The molecule has 2 aromatic carbocycles. The van der Waals surface area contributed by atoms with E-state index in [1.807, 2.05) is 0 Å². The van der Waals surface area contributed by atoms with E-state index in [0.29, 0.717) is 32.9 Å². The van der Waals surface area contributed by atoms with Crippen LogP contribution in [0.3, 0.4) is 0 Å². The quantitative estimate of drug-likeness (QED) is 0.588.